The van der Waals surface area contributed by atoms with Gasteiger partial charge in [0.2, 0.25) is 6.39 Å². The Hall–Kier alpha value is -2.41. The van der Waals surface area contributed by atoms with Crippen molar-refractivity contribution < 1.29 is 14.1 Å². The van der Waals surface area contributed by atoms with Gasteiger partial charge in [-0.2, -0.15) is 4.98 Å². The Bertz CT molecular complexity index is 583. The molecule has 0 atom stereocenters. The van der Waals surface area contributed by atoms with Gasteiger partial charge in [0.05, 0.1) is 12.2 Å². The van der Waals surface area contributed by atoms with E-state index >= 15 is 0 Å². The summed E-state index contributed by atoms with van der Waals surface area (Å²) in [4.78, 5) is 15.1. The van der Waals surface area contributed by atoms with Gasteiger partial charge in [-0.05, 0) is 17.7 Å². The van der Waals surface area contributed by atoms with E-state index < -0.39 is 0 Å². The van der Waals surface area contributed by atoms with Crippen LogP contribution in [0.1, 0.15) is 11.4 Å². The number of carbonyl (C=O) groups excluding carboxylic acids is 1. The van der Waals surface area contributed by atoms with Gasteiger partial charge < -0.3 is 19.9 Å². The van der Waals surface area contributed by atoms with Gasteiger partial charge in [0.25, 0.3) is 5.91 Å². The van der Waals surface area contributed by atoms with E-state index in [1.807, 2.05) is 18.2 Å². The fraction of sp³-hybridized carbons (Fsp3) is 0.250. The lowest BCUT2D eigenvalue weighted by Gasteiger charge is -2.18. The molecule has 2 heterocycles. The Morgan fingerprint density at radius 2 is 2.32 bits per heavy atom. The molecule has 19 heavy (non-hydrogen) atoms. The maximum Gasteiger partial charge on any atom is 0.262 e. The molecule has 1 aliphatic heterocycles. The van der Waals surface area contributed by atoms with Gasteiger partial charge >= 0.3 is 0 Å². The first-order chi connectivity index (χ1) is 9.31. The largest absolute Gasteiger partial charge is 0.482 e. The summed E-state index contributed by atoms with van der Waals surface area (Å²) in [7, 11) is 0. The minimum Gasteiger partial charge on any atom is -0.482 e. The summed E-state index contributed by atoms with van der Waals surface area (Å²) in [6, 6.07) is 5.68. The van der Waals surface area contributed by atoms with Crippen molar-refractivity contribution in [1.29, 1.82) is 0 Å². The summed E-state index contributed by atoms with van der Waals surface area (Å²) in [6.45, 7) is 1.23. The number of aromatic nitrogens is 2. The number of ether oxygens (including phenoxy) is 1. The zero-order chi connectivity index (χ0) is 13.1. The highest BCUT2D eigenvalue weighted by atomic mass is 16.5. The lowest BCUT2D eigenvalue weighted by molar-refractivity contribution is -0.118. The standard InChI is InChI=1S/C12H12N4O3/c17-12-6-18-10-2-1-8(3-9(10)15-12)4-13-5-11-14-7-19-16-11/h1-3,7,13H,4-6H2,(H,15,17). The van der Waals surface area contributed by atoms with E-state index in [1.165, 1.54) is 6.39 Å². The number of anilines is 1. The van der Waals surface area contributed by atoms with Crippen LogP contribution in [0.15, 0.2) is 29.1 Å². The molecule has 3 rings (SSSR count). The van der Waals surface area contributed by atoms with Crippen LogP contribution in [0.2, 0.25) is 0 Å². The van der Waals surface area contributed by atoms with Crippen molar-refractivity contribution in [3.8, 4) is 5.75 Å². The summed E-state index contributed by atoms with van der Waals surface area (Å²) >= 11 is 0. The van der Waals surface area contributed by atoms with E-state index in [4.69, 9.17) is 4.74 Å². The number of rotatable bonds is 4. The van der Waals surface area contributed by atoms with Crippen LogP contribution in [0.25, 0.3) is 0 Å². The Morgan fingerprint density at radius 1 is 1.37 bits per heavy atom. The van der Waals surface area contributed by atoms with Crippen LogP contribution in [0.3, 0.4) is 0 Å². The highest BCUT2D eigenvalue weighted by Gasteiger charge is 2.15. The molecular weight excluding hydrogens is 248 g/mol. The van der Waals surface area contributed by atoms with Crippen LogP contribution >= 0.6 is 0 Å². The summed E-state index contributed by atoms with van der Waals surface area (Å²) in [5, 5.41) is 9.66. The topological polar surface area (TPSA) is 89.3 Å². The molecule has 0 saturated carbocycles. The summed E-state index contributed by atoms with van der Waals surface area (Å²) in [5.74, 6) is 1.17. The van der Waals surface area contributed by atoms with Crippen LogP contribution in [0.4, 0.5) is 5.69 Å². The molecule has 1 aromatic carbocycles. The second-order valence-corrected chi connectivity index (χ2v) is 4.12. The van der Waals surface area contributed by atoms with E-state index in [0.717, 1.165) is 5.56 Å². The average molecular weight is 260 g/mol. The molecular formula is C12H12N4O3. The van der Waals surface area contributed by atoms with E-state index in [9.17, 15) is 4.79 Å². The predicted molar refractivity (Wildman–Crippen MR) is 65.4 cm³/mol. The van der Waals surface area contributed by atoms with Crippen molar-refractivity contribution in [2.45, 2.75) is 13.1 Å². The van der Waals surface area contributed by atoms with Gasteiger partial charge in [-0.1, -0.05) is 11.2 Å². The maximum atomic E-state index is 11.2. The smallest absolute Gasteiger partial charge is 0.262 e. The van der Waals surface area contributed by atoms with Crippen molar-refractivity contribution in [2.24, 2.45) is 0 Å². The molecule has 1 amide bonds. The lowest BCUT2D eigenvalue weighted by atomic mass is 10.1. The van der Waals surface area contributed by atoms with E-state index in [2.05, 4.69) is 25.3 Å². The second kappa shape index (κ2) is 5.07. The van der Waals surface area contributed by atoms with Crippen LogP contribution in [-0.4, -0.2) is 22.7 Å². The van der Waals surface area contributed by atoms with Crippen LogP contribution < -0.4 is 15.4 Å². The van der Waals surface area contributed by atoms with Gasteiger partial charge in [-0.25, -0.2) is 0 Å². The maximum absolute atomic E-state index is 11.2. The fourth-order valence-electron chi connectivity index (χ4n) is 1.83. The zero-order valence-electron chi connectivity index (χ0n) is 10.0. The molecule has 98 valence electrons. The highest BCUT2D eigenvalue weighted by molar-refractivity contribution is 5.95. The Balaban J connectivity index is 1.62. The number of fused-ring (bicyclic) bond motifs is 1. The first-order valence-corrected chi connectivity index (χ1v) is 5.83. The summed E-state index contributed by atoms with van der Waals surface area (Å²) in [6.07, 6.45) is 1.29. The number of nitrogens with one attached hydrogen (secondary N) is 2. The summed E-state index contributed by atoms with van der Waals surface area (Å²) < 4.78 is 9.93. The number of hydrogen-bond donors (Lipinski definition) is 2. The predicted octanol–water partition coefficient (Wildman–Crippen LogP) is 0.690. The zero-order valence-corrected chi connectivity index (χ0v) is 10.0. The molecule has 0 saturated heterocycles. The first kappa shape index (κ1) is 11.7. The third kappa shape index (κ3) is 2.71. The van der Waals surface area contributed by atoms with Crippen LogP contribution in [0, 0.1) is 0 Å². The van der Waals surface area contributed by atoms with Gasteiger partial charge in [-0.15, -0.1) is 0 Å². The number of benzene rings is 1. The van der Waals surface area contributed by atoms with Crippen LogP contribution in [-0.2, 0) is 17.9 Å². The minimum absolute atomic E-state index is 0.0719. The van der Waals surface area contributed by atoms with Crippen molar-refractivity contribution in [2.75, 3.05) is 11.9 Å². The van der Waals surface area contributed by atoms with Gasteiger partial charge in [0.15, 0.2) is 12.4 Å². The van der Waals surface area contributed by atoms with E-state index in [0.29, 0.717) is 30.4 Å². The van der Waals surface area contributed by atoms with Crippen molar-refractivity contribution in [1.82, 2.24) is 15.5 Å². The Labute approximate surface area is 109 Å². The normalized spacial score (nSPS) is 13.6. The molecule has 7 nitrogen and oxygen atoms in total. The molecule has 0 bridgehead atoms. The Morgan fingerprint density at radius 3 is 3.16 bits per heavy atom. The number of carbonyl (C=O) groups is 1. The SMILES string of the molecule is O=C1COc2ccc(CNCc3ncon3)cc2N1. The first-order valence-electron chi connectivity index (χ1n) is 5.83. The molecule has 0 radical (unpaired) electrons. The lowest BCUT2D eigenvalue weighted by Crippen LogP contribution is -2.25. The Kier molecular flexibility index (Phi) is 3.11. The van der Waals surface area contributed by atoms with Gasteiger partial charge in [0.1, 0.15) is 5.75 Å². The molecule has 2 aromatic rings. The highest BCUT2D eigenvalue weighted by Crippen LogP contribution is 2.28. The quantitative estimate of drug-likeness (QED) is 0.840. The van der Waals surface area contributed by atoms with Gasteiger partial charge in [0, 0.05) is 6.54 Å². The van der Waals surface area contributed by atoms with Crippen molar-refractivity contribution in [3.05, 3.63) is 36.0 Å². The van der Waals surface area contributed by atoms with Gasteiger partial charge in [-0.3, -0.25) is 4.79 Å². The molecule has 2 N–H and O–H groups in total. The number of hydrogen-bond acceptors (Lipinski definition) is 6. The molecule has 0 unspecified atom stereocenters. The number of amides is 1. The number of nitrogens with zero attached hydrogens (tertiary/aromatic N) is 2. The average Bonchev–Trinajstić information content (AvgIpc) is 2.91. The summed E-state index contributed by atoms with van der Waals surface area (Å²) in [5.41, 5.74) is 1.74. The second-order valence-electron chi connectivity index (χ2n) is 4.12. The fourth-order valence-corrected chi connectivity index (χ4v) is 1.83. The van der Waals surface area contributed by atoms with E-state index in [-0.39, 0.29) is 12.5 Å². The van der Waals surface area contributed by atoms with E-state index in [1.54, 1.807) is 0 Å². The molecule has 0 aliphatic carbocycles. The molecule has 0 fully saturated rings. The molecule has 1 aliphatic rings. The molecule has 0 spiro atoms. The monoisotopic (exact) mass is 260 g/mol. The van der Waals surface area contributed by atoms with Crippen molar-refractivity contribution in [3.63, 3.8) is 0 Å². The molecule has 7 heteroatoms. The third-order valence-corrected chi connectivity index (χ3v) is 2.70. The minimum atomic E-state index is -0.135. The van der Waals surface area contributed by atoms with Crippen molar-refractivity contribution >= 4 is 11.6 Å². The van der Waals surface area contributed by atoms with Crippen LogP contribution in [0.5, 0.6) is 5.75 Å². The third-order valence-electron chi connectivity index (χ3n) is 2.70. The molecule has 1 aromatic heterocycles.